The van der Waals surface area contributed by atoms with Crippen LogP contribution in [-0.2, 0) is 14.4 Å². The van der Waals surface area contributed by atoms with Gasteiger partial charge in [0.1, 0.15) is 30.6 Å². The second-order valence-electron chi connectivity index (χ2n) is 7.35. The number of carbonyl (C=O) groups excluding carboxylic acids is 4. The first kappa shape index (κ1) is 32.3. The van der Waals surface area contributed by atoms with Crippen molar-refractivity contribution in [2.75, 3.05) is 36.6 Å². The predicted molar refractivity (Wildman–Crippen MR) is 151 cm³/mol. The molecule has 1 aromatic rings. The van der Waals surface area contributed by atoms with Crippen LogP contribution in [-0.4, -0.2) is 101 Å². The normalized spacial score (nSPS) is 14.5. The van der Waals surface area contributed by atoms with E-state index in [9.17, 15) is 39.6 Å². The van der Waals surface area contributed by atoms with Gasteiger partial charge in [0.25, 0.3) is 5.91 Å². The molecule has 0 spiro atoms. The van der Waals surface area contributed by atoms with E-state index in [1.165, 1.54) is 30.7 Å². The summed E-state index contributed by atoms with van der Waals surface area (Å²) >= 11 is 5.63. The maximum absolute atomic E-state index is 13.3. The van der Waals surface area contributed by atoms with Gasteiger partial charge >= 0.3 is 0 Å². The lowest BCUT2D eigenvalue weighted by molar-refractivity contribution is -0.120. The third-order valence-electron chi connectivity index (χ3n) is 5.02. The van der Waals surface area contributed by atoms with Crippen molar-refractivity contribution in [3.8, 4) is 0 Å². The molecule has 0 unspecified atom stereocenters. The Labute approximate surface area is 242 Å². The molecular weight excluding hydrogens is 807 g/mol. The molecule has 0 aliphatic rings. The highest BCUT2D eigenvalue weighted by atomic mass is 127. The zero-order valence-corrected chi connectivity index (χ0v) is 25.4. The van der Waals surface area contributed by atoms with Crippen molar-refractivity contribution in [2.24, 2.45) is 0 Å². The molecule has 0 aliphatic heterocycles. The van der Waals surface area contributed by atoms with E-state index in [4.69, 9.17) is 5.11 Å². The zero-order valence-electron chi connectivity index (χ0n) is 18.9. The van der Waals surface area contributed by atoms with Gasteiger partial charge in [0, 0.05) is 27.4 Å². The largest absolute Gasteiger partial charge is 0.395 e. The zero-order chi connectivity index (χ0) is 27.2. The minimum absolute atomic E-state index is 0.0230. The van der Waals surface area contributed by atoms with E-state index in [0.29, 0.717) is 12.8 Å². The summed E-state index contributed by atoms with van der Waals surface area (Å²) in [6.07, 6.45) is -5.47. The molecule has 0 saturated carbocycles. The average Bonchev–Trinajstić information content (AvgIpc) is 2.79. The van der Waals surface area contributed by atoms with E-state index in [-0.39, 0.29) is 40.2 Å². The second kappa shape index (κ2) is 14.3. The summed E-state index contributed by atoms with van der Waals surface area (Å²) in [6, 6.07) is -1.66. The Bertz CT molecular complexity index is 979. The lowest BCUT2D eigenvalue weighted by atomic mass is 10.0. The number of aliphatic hydroxyl groups is 5. The number of halogens is 3. The Morgan fingerprint density at radius 2 is 1.49 bits per heavy atom. The van der Waals surface area contributed by atoms with E-state index in [1.54, 1.807) is 0 Å². The minimum Gasteiger partial charge on any atom is -0.395 e. The monoisotopic (exact) mass is 833 g/mol. The molecule has 15 heteroatoms. The van der Waals surface area contributed by atoms with Gasteiger partial charge in [0.2, 0.25) is 11.8 Å². The molecule has 0 radical (unpaired) electrons. The molecule has 0 fully saturated rings. The number of benzene rings is 1. The Balaban J connectivity index is 3.76. The van der Waals surface area contributed by atoms with Crippen molar-refractivity contribution in [1.82, 2.24) is 5.32 Å². The molecule has 0 aliphatic carbocycles. The fourth-order valence-electron chi connectivity index (χ4n) is 3.02. The summed E-state index contributed by atoms with van der Waals surface area (Å²) in [5, 5.41) is 50.5. The van der Waals surface area contributed by atoms with Crippen LogP contribution in [0.3, 0.4) is 0 Å². The Morgan fingerprint density at radius 1 is 0.943 bits per heavy atom. The number of aldehydes is 1. The van der Waals surface area contributed by atoms with Crippen LogP contribution in [0.1, 0.15) is 24.2 Å². The molecule has 0 bridgehead atoms. The molecule has 0 saturated heterocycles. The Kier molecular flexibility index (Phi) is 13.2. The summed E-state index contributed by atoms with van der Waals surface area (Å²) < 4.78 is 1.04. The number of hydrogen-bond acceptors (Lipinski definition) is 9. The number of carbonyl (C=O) groups is 4. The van der Waals surface area contributed by atoms with Crippen molar-refractivity contribution in [2.45, 2.75) is 38.2 Å². The Morgan fingerprint density at radius 3 is 1.91 bits per heavy atom. The third kappa shape index (κ3) is 7.42. The van der Waals surface area contributed by atoms with Gasteiger partial charge in [-0.2, -0.15) is 0 Å². The van der Waals surface area contributed by atoms with Crippen LogP contribution in [0, 0.1) is 10.7 Å². The fraction of sp³-hybridized carbons (Fsp3) is 0.500. The quantitative estimate of drug-likeness (QED) is 0.123. The van der Waals surface area contributed by atoms with Crippen LogP contribution in [0.2, 0.25) is 0 Å². The van der Waals surface area contributed by atoms with E-state index < -0.39 is 42.8 Å². The van der Waals surface area contributed by atoms with Gasteiger partial charge in [0.05, 0.1) is 40.9 Å². The van der Waals surface area contributed by atoms with Gasteiger partial charge in [-0.1, -0.05) is 0 Å². The van der Waals surface area contributed by atoms with Crippen molar-refractivity contribution in [3.63, 3.8) is 0 Å². The maximum Gasteiger partial charge on any atom is 0.254 e. The summed E-state index contributed by atoms with van der Waals surface area (Å²) in [5.41, 5.74) is 0.549. The Hall–Kier alpha value is -0.710. The summed E-state index contributed by atoms with van der Waals surface area (Å²) in [5.74, 6) is -1.66. The maximum atomic E-state index is 13.3. The number of amides is 3. The topological polar surface area (TPSA) is 188 Å². The SMILES string of the molecule is CC(=O)N(C)c1c(I)c(C(=O)N[C@@H](C=O)[C@@H](O)[C@H](O)[C@H](O)CO)c(I)c(N(CCO)C(C)=O)c1I. The first-order valence-electron chi connectivity index (χ1n) is 10.0. The molecule has 3 amide bonds. The van der Waals surface area contributed by atoms with E-state index in [0.717, 1.165) is 0 Å². The fourth-order valence-corrected chi connectivity index (χ4v) is 7.99. The lowest BCUT2D eigenvalue weighted by Crippen LogP contribution is -2.53. The number of nitrogens with zero attached hydrogens (tertiary/aromatic N) is 2. The molecule has 0 heterocycles. The van der Waals surface area contributed by atoms with Crippen LogP contribution >= 0.6 is 67.8 Å². The van der Waals surface area contributed by atoms with Gasteiger partial charge in [-0.3, -0.25) is 14.4 Å². The molecule has 35 heavy (non-hydrogen) atoms. The molecule has 196 valence electrons. The van der Waals surface area contributed by atoms with Crippen molar-refractivity contribution >= 4 is 103 Å². The first-order valence-corrected chi connectivity index (χ1v) is 13.2. The van der Waals surface area contributed by atoms with Crippen molar-refractivity contribution < 1.29 is 44.7 Å². The van der Waals surface area contributed by atoms with Gasteiger partial charge < -0.3 is 45.4 Å². The van der Waals surface area contributed by atoms with Gasteiger partial charge in [0.15, 0.2) is 0 Å². The molecule has 0 aromatic heterocycles. The smallest absolute Gasteiger partial charge is 0.254 e. The molecule has 12 nitrogen and oxygen atoms in total. The summed E-state index contributed by atoms with van der Waals surface area (Å²) in [7, 11) is 1.48. The molecule has 4 atom stereocenters. The molecule has 1 rings (SSSR count). The third-order valence-corrected chi connectivity index (χ3v) is 8.14. The molecule has 6 N–H and O–H groups in total. The van der Waals surface area contributed by atoms with Gasteiger partial charge in [-0.05, 0) is 67.8 Å². The number of aliphatic hydroxyl groups excluding tert-OH is 5. The minimum atomic E-state index is -1.94. The van der Waals surface area contributed by atoms with Crippen LogP contribution in [0.25, 0.3) is 0 Å². The lowest BCUT2D eigenvalue weighted by Gasteiger charge is -2.30. The van der Waals surface area contributed by atoms with Gasteiger partial charge in [-0.25, -0.2) is 0 Å². The van der Waals surface area contributed by atoms with Gasteiger partial charge in [-0.15, -0.1) is 0 Å². The van der Waals surface area contributed by atoms with E-state index >= 15 is 0 Å². The number of nitrogens with one attached hydrogen (secondary N) is 1. The molecular formula is C20H26I3N3O9. The number of anilines is 2. The summed E-state index contributed by atoms with van der Waals surface area (Å²) in [4.78, 5) is 52.0. The van der Waals surface area contributed by atoms with Crippen molar-refractivity contribution in [3.05, 3.63) is 16.3 Å². The highest BCUT2D eigenvalue weighted by Crippen LogP contribution is 2.42. The second-order valence-corrected chi connectivity index (χ2v) is 10.6. The highest BCUT2D eigenvalue weighted by Gasteiger charge is 2.35. The van der Waals surface area contributed by atoms with Crippen LogP contribution in [0.5, 0.6) is 0 Å². The number of rotatable bonds is 11. The average molecular weight is 833 g/mol. The molecule has 1 aromatic carbocycles. The van der Waals surface area contributed by atoms with Crippen molar-refractivity contribution in [1.29, 1.82) is 0 Å². The first-order chi connectivity index (χ1) is 16.3. The van der Waals surface area contributed by atoms with E-state index in [2.05, 4.69) is 5.32 Å². The highest BCUT2D eigenvalue weighted by molar-refractivity contribution is 14.1. The predicted octanol–water partition coefficient (Wildman–Crippen LogP) is -0.799. The number of hydrogen-bond donors (Lipinski definition) is 6. The van der Waals surface area contributed by atoms with Crippen LogP contribution in [0.4, 0.5) is 11.4 Å². The van der Waals surface area contributed by atoms with Crippen LogP contribution in [0.15, 0.2) is 0 Å². The van der Waals surface area contributed by atoms with E-state index in [1.807, 2.05) is 67.8 Å². The summed E-state index contributed by atoms with van der Waals surface area (Å²) in [6.45, 7) is 1.24. The standard InChI is InChI=1S/C20H26I3N3O9/c1-8(30)25(3)16-13(21)12(14(22)17(15(16)23)26(4-5-27)9(2)31)20(35)24-10(6-28)18(33)19(34)11(32)7-29/h6,10-11,18-19,27,29,32-34H,4-5,7H2,1-3H3,(H,24,35)/t10-,11+,18+,19+/m0/s1. The van der Waals surface area contributed by atoms with Crippen LogP contribution < -0.4 is 15.1 Å².